The molecule has 1 rings (SSSR count). The van der Waals surface area contributed by atoms with Gasteiger partial charge in [-0.1, -0.05) is 31.2 Å². The largest absolute Gasteiger partial charge is 0.397 e. The van der Waals surface area contributed by atoms with E-state index in [1.54, 1.807) is 14.2 Å². The molecule has 0 heterocycles. The van der Waals surface area contributed by atoms with Crippen molar-refractivity contribution in [3.05, 3.63) is 29.8 Å². The molecule has 2 nitrogen and oxygen atoms in total. The molecule has 0 aromatic heterocycles. The van der Waals surface area contributed by atoms with Crippen LogP contribution < -0.4 is 5.19 Å². The molecule has 1 atom stereocenters. The molecule has 15 heavy (non-hydrogen) atoms. The normalized spacial score (nSPS) is 13.1. The average molecular weight is 242 g/mol. The van der Waals surface area contributed by atoms with E-state index < -0.39 is 9.28 Å². The summed E-state index contributed by atoms with van der Waals surface area (Å²) in [5.41, 5.74) is 1.24. The molecule has 0 saturated carbocycles. The van der Waals surface area contributed by atoms with E-state index in [9.17, 15) is 0 Å². The van der Waals surface area contributed by atoms with Crippen molar-refractivity contribution in [2.24, 2.45) is 0 Å². The summed E-state index contributed by atoms with van der Waals surface area (Å²) in [5, 5.41) is 1.46. The lowest BCUT2D eigenvalue weighted by Gasteiger charge is -2.18. The summed E-state index contributed by atoms with van der Waals surface area (Å²) in [5.74, 6) is 0. The summed E-state index contributed by atoms with van der Waals surface area (Å²) in [6, 6.07) is 8.24. The monoisotopic (exact) mass is 242 g/mol. The highest BCUT2D eigenvalue weighted by Gasteiger charge is 2.19. The molecule has 0 amide bonds. The van der Waals surface area contributed by atoms with Gasteiger partial charge in [0.15, 0.2) is 0 Å². The van der Waals surface area contributed by atoms with Gasteiger partial charge in [-0.15, -0.1) is 0 Å². The van der Waals surface area contributed by atoms with Crippen molar-refractivity contribution in [3.8, 4) is 0 Å². The predicted molar refractivity (Wildman–Crippen MR) is 69.3 cm³/mol. The summed E-state index contributed by atoms with van der Waals surface area (Å²) in [7, 11) is 1.70. The number of thiol groups is 1. The molecule has 0 bridgehead atoms. The molecule has 0 aliphatic heterocycles. The summed E-state index contributed by atoms with van der Waals surface area (Å²) < 4.78 is 10.8. The van der Waals surface area contributed by atoms with Gasteiger partial charge < -0.3 is 8.85 Å². The number of hydrogen-bond donors (Lipinski definition) is 1. The zero-order valence-electron chi connectivity index (χ0n) is 9.43. The molecule has 1 aromatic rings. The lowest BCUT2D eigenvalue weighted by molar-refractivity contribution is 0.291. The highest BCUT2D eigenvalue weighted by Crippen LogP contribution is 2.21. The molecule has 0 N–H and O–H groups in total. The van der Waals surface area contributed by atoms with Crippen LogP contribution in [0.1, 0.15) is 24.2 Å². The molecular formula is C11H18O2SSi. The van der Waals surface area contributed by atoms with Gasteiger partial charge in [0.1, 0.15) is 0 Å². The van der Waals surface area contributed by atoms with E-state index in [0.717, 1.165) is 6.42 Å². The first-order chi connectivity index (χ1) is 7.24. The Hall–Kier alpha value is -0.293. The fourth-order valence-electron chi connectivity index (χ4n) is 1.60. The van der Waals surface area contributed by atoms with Crippen LogP contribution in [0.25, 0.3) is 0 Å². The van der Waals surface area contributed by atoms with E-state index in [-0.39, 0.29) is 5.25 Å². The van der Waals surface area contributed by atoms with Crippen molar-refractivity contribution in [1.82, 2.24) is 0 Å². The molecule has 0 radical (unpaired) electrons. The van der Waals surface area contributed by atoms with Crippen molar-refractivity contribution in [1.29, 1.82) is 0 Å². The van der Waals surface area contributed by atoms with Gasteiger partial charge in [-0.3, -0.25) is 0 Å². The first kappa shape index (κ1) is 12.8. The molecule has 1 unspecified atom stereocenters. The SMILES string of the molecule is CCC(S)c1ccccc1[SiH](OC)OC. The summed E-state index contributed by atoms with van der Waals surface area (Å²) in [6.45, 7) is 2.13. The Morgan fingerprint density at radius 3 is 2.40 bits per heavy atom. The second-order valence-electron chi connectivity index (χ2n) is 3.36. The van der Waals surface area contributed by atoms with Crippen molar-refractivity contribution in [2.45, 2.75) is 18.6 Å². The van der Waals surface area contributed by atoms with Gasteiger partial charge in [-0.2, -0.15) is 12.6 Å². The lowest BCUT2D eigenvalue weighted by Crippen LogP contribution is -2.37. The zero-order chi connectivity index (χ0) is 11.3. The van der Waals surface area contributed by atoms with Gasteiger partial charge in [0.05, 0.1) is 0 Å². The average Bonchev–Trinajstić information content (AvgIpc) is 2.30. The fourth-order valence-corrected chi connectivity index (χ4v) is 3.51. The third kappa shape index (κ3) is 3.08. The summed E-state index contributed by atoms with van der Waals surface area (Å²) in [6.07, 6.45) is 1.01. The zero-order valence-corrected chi connectivity index (χ0v) is 11.5. The van der Waals surface area contributed by atoms with E-state index in [0.29, 0.717) is 0 Å². The van der Waals surface area contributed by atoms with Crippen molar-refractivity contribution >= 4 is 27.1 Å². The third-order valence-corrected chi connectivity index (χ3v) is 4.96. The Labute approximate surface area is 98.9 Å². The third-order valence-electron chi connectivity index (χ3n) is 2.42. The van der Waals surface area contributed by atoms with Crippen LogP contribution in [0.5, 0.6) is 0 Å². The topological polar surface area (TPSA) is 18.5 Å². The van der Waals surface area contributed by atoms with Crippen molar-refractivity contribution in [3.63, 3.8) is 0 Å². The molecule has 0 fully saturated rings. The van der Waals surface area contributed by atoms with Crippen LogP contribution in [-0.4, -0.2) is 23.5 Å². The Morgan fingerprint density at radius 2 is 1.87 bits per heavy atom. The van der Waals surface area contributed by atoms with Gasteiger partial charge in [0, 0.05) is 19.5 Å². The van der Waals surface area contributed by atoms with Crippen LogP contribution >= 0.6 is 12.6 Å². The van der Waals surface area contributed by atoms with Gasteiger partial charge in [-0.25, -0.2) is 0 Å². The summed E-state index contributed by atoms with van der Waals surface area (Å²) in [4.78, 5) is 0. The minimum absolute atomic E-state index is 0.265. The lowest BCUT2D eigenvalue weighted by atomic mass is 10.1. The maximum atomic E-state index is 5.40. The highest BCUT2D eigenvalue weighted by atomic mass is 32.1. The van der Waals surface area contributed by atoms with Gasteiger partial charge in [-0.05, 0) is 17.2 Å². The smallest absolute Gasteiger partial charge is 0.355 e. The highest BCUT2D eigenvalue weighted by molar-refractivity contribution is 7.80. The second-order valence-corrected chi connectivity index (χ2v) is 6.21. The standard InChI is InChI=1S/C11H18O2SSi/c1-4-10(14)9-7-5-6-8-11(9)15(12-2)13-3/h5-8,10,14-15H,4H2,1-3H3. The molecule has 84 valence electrons. The Morgan fingerprint density at radius 1 is 1.27 bits per heavy atom. The molecule has 0 aliphatic carbocycles. The van der Waals surface area contributed by atoms with Crippen LogP contribution in [0.3, 0.4) is 0 Å². The van der Waals surface area contributed by atoms with Crippen molar-refractivity contribution < 1.29 is 8.85 Å². The molecule has 0 saturated heterocycles. The molecule has 1 aromatic carbocycles. The minimum atomic E-state index is -1.71. The number of hydrogen-bond acceptors (Lipinski definition) is 3. The van der Waals surface area contributed by atoms with Crippen molar-refractivity contribution in [2.75, 3.05) is 14.2 Å². The molecule has 4 heteroatoms. The summed E-state index contributed by atoms with van der Waals surface area (Å²) >= 11 is 4.57. The number of rotatable bonds is 5. The number of benzene rings is 1. The Kier molecular flexibility index (Phi) is 5.39. The minimum Gasteiger partial charge on any atom is -0.397 e. The second kappa shape index (κ2) is 6.32. The first-order valence-electron chi connectivity index (χ1n) is 5.07. The van der Waals surface area contributed by atoms with Crippen LogP contribution in [0.4, 0.5) is 0 Å². The van der Waals surface area contributed by atoms with Gasteiger partial charge in [0.25, 0.3) is 0 Å². The fraction of sp³-hybridized carbons (Fsp3) is 0.455. The predicted octanol–water partition coefficient (Wildman–Crippen LogP) is 1.79. The Balaban J connectivity index is 3.04. The maximum absolute atomic E-state index is 5.40. The van der Waals surface area contributed by atoms with Crippen LogP contribution in [0.15, 0.2) is 24.3 Å². The van der Waals surface area contributed by atoms with E-state index in [1.807, 2.05) is 12.1 Å². The maximum Gasteiger partial charge on any atom is 0.355 e. The van der Waals surface area contributed by atoms with Crippen LogP contribution in [0.2, 0.25) is 0 Å². The van der Waals surface area contributed by atoms with Crippen LogP contribution in [-0.2, 0) is 8.85 Å². The van der Waals surface area contributed by atoms with E-state index in [4.69, 9.17) is 8.85 Å². The van der Waals surface area contributed by atoms with E-state index in [1.165, 1.54) is 10.8 Å². The molecule has 0 spiro atoms. The van der Waals surface area contributed by atoms with Gasteiger partial charge >= 0.3 is 9.28 Å². The van der Waals surface area contributed by atoms with Crippen LogP contribution in [0, 0.1) is 0 Å². The first-order valence-corrected chi connectivity index (χ1v) is 7.10. The van der Waals surface area contributed by atoms with E-state index in [2.05, 4.69) is 31.7 Å². The quantitative estimate of drug-likeness (QED) is 0.627. The van der Waals surface area contributed by atoms with Gasteiger partial charge in [0.2, 0.25) is 0 Å². The van der Waals surface area contributed by atoms with E-state index >= 15 is 0 Å². The molecular weight excluding hydrogens is 224 g/mol. The molecule has 0 aliphatic rings. The Bertz CT molecular complexity index is 302.